The normalized spacial score (nSPS) is 20.9. The van der Waals surface area contributed by atoms with E-state index in [9.17, 15) is 0 Å². The second kappa shape index (κ2) is 5.46. The van der Waals surface area contributed by atoms with Crippen LogP contribution in [0.1, 0.15) is 0 Å². The van der Waals surface area contributed by atoms with Crippen LogP contribution < -0.4 is 15.4 Å². The summed E-state index contributed by atoms with van der Waals surface area (Å²) < 4.78 is 5.16. The quantitative estimate of drug-likeness (QED) is 0.867. The fourth-order valence-electron chi connectivity index (χ4n) is 1.96. The average molecular weight is 238 g/mol. The molecule has 0 spiro atoms. The predicted octanol–water partition coefficient (Wildman–Crippen LogP) is 1.58. The Balaban J connectivity index is 2.14. The second-order valence-corrected chi connectivity index (χ2v) is 5.01. The summed E-state index contributed by atoms with van der Waals surface area (Å²) in [6.07, 6.45) is 0. The largest absolute Gasteiger partial charge is 0.497 e. The number of nitrogens with zero attached hydrogens (tertiary/aromatic N) is 1. The molecule has 1 unspecified atom stereocenters. The maximum absolute atomic E-state index is 5.81. The van der Waals surface area contributed by atoms with Crippen molar-refractivity contribution in [1.82, 2.24) is 0 Å². The first-order valence-electron chi connectivity index (χ1n) is 5.53. The maximum Gasteiger partial charge on any atom is 0.119 e. The first-order chi connectivity index (χ1) is 7.85. The van der Waals surface area contributed by atoms with Gasteiger partial charge in [0.25, 0.3) is 0 Å². The van der Waals surface area contributed by atoms with Crippen molar-refractivity contribution in [3.8, 4) is 5.75 Å². The van der Waals surface area contributed by atoms with Crippen molar-refractivity contribution in [2.24, 2.45) is 5.73 Å². The van der Waals surface area contributed by atoms with Crippen LogP contribution in [0.15, 0.2) is 24.3 Å². The fourth-order valence-corrected chi connectivity index (χ4v) is 3.04. The van der Waals surface area contributed by atoms with E-state index >= 15 is 0 Å². The molecule has 1 aromatic rings. The van der Waals surface area contributed by atoms with Gasteiger partial charge in [0, 0.05) is 30.3 Å². The number of nitrogens with two attached hydrogens (primary N) is 1. The van der Waals surface area contributed by atoms with Gasteiger partial charge in [-0.25, -0.2) is 0 Å². The number of ether oxygens (including phenoxy) is 1. The van der Waals surface area contributed by atoms with E-state index in [2.05, 4.69) is 17.0 Å². The van der Waals surface area contributed by atoms with Crippen molar-refractivity contribution >= 4 is 17.4 Å². The van der Waals surface area contributed by atoms with Crippen molar-refractivity contribution < 1.29 is 4.74 Å². The molecule has 2 rings (SSSR count). The lowest BCUT2D eigenvalue weighted by Gasteiger charge is -2.36. The summed E-state index contributed by atoms with van der Waals surface area (Å²) in [6, 6.07) is 8.69. The minimum atomic E-state index is 0.465. The van der Waals surface area contributed by atoms with E-state index < -0.39 is 0 Å². The van der Waals surface area contributed by atoms with Gasteiger partial charge in [-0.15, -0.1) is 0 Å². The lowest BCUT2D eigenvalue weighted by molar-refractivity contribution is 0.415. The molecule has 1 aliphatic heterocycles. The van der Waals surface area contributed by atoms with Crippen LogP contribution in [0.4, 0.5) is 5.69 Å². The summed E-state index contributed by atoms with van der Waals surface area (Å²) in [4.78, 5) is 2.40. The number of hydrogen-bond acceptors (Lipinski definition) is 4. The molecule has 0 radical (unpaired) electrons. The van der Waals surface area contributed by atoms with Crippen molar-refractivity contribution in [3.05, 3.63) is 24.3 Å². The van der Waals surface area contributed by atoms with E-state index in [1.165, 1.54) is 11.4 Å². The van der Waals surface area contributed by atoms with Crippen LogP contribution in [0, 0.1) is 0 Å². The zero-order valence-electron chi connectivity index (χ0n) is 9.56. The lowest BCUT2D eigenvalue weighted by atomic mass is 10.2. The molecule has 1 heterocycles. The fraction of sp³-hybridized carbons (Fsp3) is 0.500. The highest BCUT2D eigenvalue weighted by Gasteiger charge is 2.21. The van der Waals surface area contributed by atoms with Crippen molar-refractivity contribution in [3.63, 3.8) is 0 Å². The molecule has 1 fully saturated rings. The molecule has 1 aliphatic rings. The van der Waals surface area contributed by atoms with Gasteiger partial charge in [0.05, 0.1) is 13.2 Å². The van der Waals surface area contributed by atoms with Crippen molar-refractivity contribution in [1.29, 1.82) is 0 Å². The number of benzene rings is 1. The van der Waals surface area contributed by atoms with Gasteiger partial charge in [0.2, 0.25) is 0 Å². The van der Waals surface area contributed by atoms with E-state index in [4.69, 9.17) is 10.5 Å². The third-order valence-electron chi connectivity index (χ3n) is 2.90. The van der Waals surface area contributed by atoms with Gasteiger partial charge in [-0.05, 0) is 24.3 Å². The van der Waals surface area contributed by atoms with Gasteiger partial charge in [0.15, 0.2) is 0 Å². The third-order valence-corrected chi connectivity index (χ3v) is 4.00. The van der Waals surface area contributed by atoms with E-state index in [-0.39, 0.29) is 0 Å². The summed E-state index contributed by atoms with van der Waals surface area (Å²) in [5, 5.41) is 0. The maximum atomic E-state index is 5.81. The number of methoxy groups -OCH3 is 1. The Hall–Kier alpha value is -0.870. The van der Waals surface area contributed by atoms with Gasteiger partial charge in [-0.1, -0.05) is 0 Å². The summed E-state index contributed by atoms with van der Waals surface area (Å²) in [6.45, 7) is 1.80. The Morgan fingerprint density at radius 1 is 1.44 bits per heavy atom. The van der Waals surface area contributed by atoms with E-state index in [0.717, 1.165) is 24.6 Å². The highest BCUT2D eigenvalue weighted by atomic mass is 32.2. The van der Waals surface area contributed by atoms with Crippen molar-refractivity contribution in [2.45, 2.75) is 6.04 Å². The van der Waals surface area contributed by atoms with E-state index in [1.807, 2.05) is 23.9 Å². The van der Waals surface area contributed by atoms with Crippen LogP contribution in [-0.2, 0) is 0 Å². The van der Waals surface area contributed by atoms with Crippen LogP contribution in [-0.4, -0.2) is 37.7 Å². The summed E-state index contributed by atoms with van der Waals surface area (Å²) in [7, 11) is 1.69. The lowest BCUT2D eigenvalue weighted by Crippen LogP contribution is -2.46. The standard InChI is InChI=1S/C12H18N2OS/c1-15-12-4-2-10(3-5-12)14-6-7-16-9-11(14)8-13/h2-5,11H,6-9,13H2,1H3. The molecule has 88 valence electrons. The van der Waals surface area contributed by atoms with Crippen LogP contribution >= 0.6 is 11.8 Å². The first kappa shape index (κ1) is 11.6. The molecule has 4 heteroatoms. The molecule has 1 atom stereocenters. The van der Waals surface area contributed by atoms with Crippen LogP contribution in [0.3, 0.4) is 0 Å². The van der Waals surface area contributed by atoms with Crippen LogP contribution in [0.25, 0.3) is 0 Å². The van der Waals surface area contributed by atoms with Gasteiger partial charge < -0.3 is 15.4 Å². The zero-order chi connectivity index (χ0) is 11.4. The summed E-state index contributed by atoms with van der Waals surface area (Å²) in [5.74, 6) is 3.21. The number of hydrogen-bond donors (Lipinski definition) is 1. The molecule has 0 saturated carbocycles. The van der Waals surface area contributed by atoms with E-state index in [0.29, 0.717) is 6.04 Å². The smallest absolute Gasteiger partial charge is 0.119 e. The molecule has 0 aliphatic carbocycles. The van der Waals surface area contributed by atoms with Gasteiger partial charge in [-0.3, -0.25) is 0 Å². The Morgan fingerprint density at radius 2 is 2.19 bits per heavy atom. The van der Waals surface area contributed by atoms with Crippen molar-refractivity contribution in [2.75, 3.05) is 36.6 Å². The highest BCUT2D eigenvalue weighted by molar-refractivity contribution is 7.99. The molecule has 0 bridgehead atoms. The highest BCUT2D eigenvalue weighted by Crippen LogP contribution is 2.25. The molecular weight excluding hydrogens is 220 g/mol. The number of anilines is 1. The first-order valence-corrected chi connectivity index (χ1v) is 6.69. The van der Waals surface area contributed by atoms with Gasteiger partial charge in [0.1, 0.15) is 5.75 Å². The molecule has 1 saturated heterocycles. The molecule has 16 heavy (non-hydrogen) atoms. The minimum absolute atomic E-state index is 0.465. The summed E-state index contributed by atoms with van der Waals surface area (Å²) >= 11 is 1.99. The average Bonchev–Trinajstić information content (AvgIpc) is 2.39. The van der Waals surface area contributed by atoms with E-state index in [1.54, 1.807) is 7.11 Å². The zero-order valence-corrected chi connectivity index (χ0v) is 10.4. The molecule has 0 amide bonds. The minimum Gasteiger partial charge on any atom is -0.497 e. The van der Waals surface area contributed by atoms with Crippen LogP contribution in [0.5, 0.6) is 5.75 Å². The topological polar surface area (TPSA) is 38.5 Å². The third kappa shape index (κ3) is 2.44. The molecule has 1 aromatic carbocycles. The summed E-state index contributed by atoms with van der Waals surface area (Å²) in [5.41, 5.74) is 7.05. The SMILES string of the molecule is COc1ccc(N2CCSCC2CN)cc1. The molecular formula is C12H18N2OS. The molecule has 3 nitrogen and oxygen atoms in total. The Kier molecular flexibility index (Phi) is 3.96. The van der Waals surface area contributed by atoms with Crippen LogP contribution in [0.2, 0.25) is 0 Å². The Morgan fingerprint density at radius 3 is 2.81 bits per heavy atom. The Bertz CT molecular complexity index is 328. The molecule has 0 aromatic heterocycles. The number of rotatable bonds is 3. The molecule has 2 N–H and O–H groups in total. The monoisotopic (exact) mass is 238 g/mol. The second-order valence-electron chi connectivity index (χ2n) is 3.86. The Labute approximate surface area is 101 Å². The van der Waals surface area contributed by atoms with Gasteiger partial charge >= 0.3 is 0 Å². The van der Waals surface area contributed by atoms with Gasteiger partial charge in [-0.2, -0.15) is 11.8 Å². The number of thioether (sulfide) groups is 1. The predicted molar refractivity (Wildman–Crippen MR) is 70.5 cm³/mol.